The Labute approximate surface area is 112 Å². The van der Waals surface area contributed by atoms with Crippen LogP contribution in [0.25, 0.3) is 11.0 Å². The van der Waals surface area contributed by atoms with Gasteiger partial charge in [0.15, 0.2) is 0 Å². The van der Waals surface area contributed by atoms with Crippen LogP contribution in [0, 0.1) is 0 Å². The second-order valence-corrected chi connectivity index (χ2v) is 4.83. The van der Waals surface area contributed by atoms with E-state index in [0.29, 0.717) is 0 Å². The summed E-state index contributed by atoms with van der Waals surface area (Å²) < 4.78 is 40.1. The van der Waals surface area contributed by atoms with Crippen molar-refractivity contribution in [2.24, 2.45) is 0 Å². The van der Waals surface area contributed by atoms with Gasteiger partial charge >= 0.3 is 6.18 Å². The number of halogens is 3. The number of fused-ring (bicyclic) bond motifs is 1. The van der Waals surface area contributed by atoms with Gasteiger partial charge in [-0.15, -0.1) is 0 Å². The molecule has 1 heterocycles. The molecule has 0 unspecified atom stereocenters. The summed E-state index contributed by atoms with van der Waals surface area (Å²) in [4.78, 5) is 3.54. The fourth-order valence-corrected chi connectivity index (χ4v) is 2.03. The summed E-state index contributed by atoms with van der Waals surface area (Å²) in [6, 6.07) is 4.14. The summed E-state index contributed by atoms with van der Waals surface area (Å²) >= 11 is 0. The second-order valence-electron chi connectivity index (χ2n) is 4.83. The highest BCUT2D eigenvalue weighted by Crippen LogP contribution is 2.35. The van der Waals surface area contributed by atoms with Crippen molar-refractivity contribution in [2.75, 3.05) is 18.9 Å². The van der Waals surface area contributed by atoms with Gasteiger partial charge in [0.1, 0.15) is 0 Å². The summed E-state index contributed by atoms with van der Waals surface area (Å²) in [6.45, 7) is -0.00938. The number of hydrogen-bond donors (Lipinski definition) is 3. The van der Waals surface area contributed by atoms with Gasteiger partial charge in [0.25, 0.3) is 0 Å². The van der Waals surface area contributed by atoms with E-state index < -0.39 is 30.8 Å². The number of alkyl halides is 3. The molecule has 0 amide bonds. The van der Waals surface area contributed by atoms with Crippen LogP contribution in [0.2, 0.25) is 0 Å². The molecule has 0 atom stereocenters. The van der Waals surface area contributed by atoms with Crippen LogP contribution >= 0.6 is 0 Å². The molecule has 4 N–H and O–H groups in total. The van der Waals surface area contributed by atoms with Crippen molar-refractivity contribution in [1.82, 2.24) is 9.55 Å². The number of imidazole rings is 1. The predicted molar refractivity (Wildman–Crippen MR) is 67.0 cm³/mol. The first-order valence-electron chi connectivity index (χ1n) is 5.80. The lowest BCUT2D eigenvalue weighted by Gasteiger charge is -2.29. The summed E-state index contributed by atoms with van der Waals surface area (Å²) in [5, 5.41) is 18.7. The molecule has 0 aliphatic carbocycles. The fourth-order valence-electron chi connectivity index (χ4n) is 2.03. The number of nitrogens with two attached hydrogens (primary N) is 1. The Morgan fingerprint density at radius 3 is 2.35 bits per heavy atom. The van der Waals surface area contributed by atoms with Crippen LogP contribution in [0.1, 0.15) is 12.7 Å². The van der Waals surface area contributed by atoms with E-state index in [2.05, 4.69) is 4.98 Å². The number of nitrogen functional groups attached to an aromatic ring is 1. The van der Waals surface area contributed by atoms with Gasteiger partial charge in [-0.3, -0.25) is 0 Å². The van der Waals surface area contributed by atoms with Gasteiger partial charge in [-0.25, -0.2) is 4.98 Å². The largest absolute Gasteiger partial charge is 0.449 e. The Kier molecular flexibility index (Phi) is 3.39. The van der Waals surface area contributed by atoms with Gasteiger partial charge in [0.2, 0.25) is 5.82 Å². The van der Waals surface area contributed by atoms with E-state index in [-0.39, 0.29) is 16.7 Å². The Morgan fingerprint density at radius 2 is 1.85 bits per heavy atom. The highest BCUT2D eigenvalue weighted by Gasteiger charge is 2.42. The lowest BCUT2D eigenvalue weighted by atomic mass is 10.0. The molecule has 0 spiro atoms. The topological polar surface area (TPSA) is 84.3 Å². The first-order chi connectivity index (χ1) is 9.23. The number of hydrogen-bond acceptors (Lipinski definition) is 4. The maximum absolute atomic E-state index is 13.1. The molecular formula is C12H14F3N3O2. The molecule has 0 bridgehead atoms. The average Bonchev–Trinajstić information content (AvgIpc) is 2.76. The molecular weight excluding hydrogens is 275 g/mol. The van der Waals surface area contributed by atoms with E-state index in [1.54, 1.807) is 0 Å². The second kappa shape index (κ2) is 4.64. The van der Waals surface area contributed by atoms with Crippen molar-refractivity contribution >= 4 is 16.7 Å². The van der Waals surface area contributed by atoms with Gasteiger partial charge in [-0.05, 0) is 25.1 Å². The third-order valence-corrected chi connectivity index (χ3v) is 3.15. The van der Waals surface area contributed by atoms with Crippen LogP contribution < -0.4 is 5.73 Å². The van der Waals surface area contributed by atoms with Crippen LogP contribution in [0.15, 0.2) is 18.2 Å². The summed E-state index contributed by atoms with van der Waals surface area (Å²) in [7, 11) is 0. The normalized spacial score (nSPS) is 13.1. The number of rotatable bonds is 3. The molecule has 2 rings (SSSR count). The number of benzene rings is 1. The van der Waals surface area contributed by atoms with Gasteiger partial charge in [-0.1, -0.05) is 0 Å². The van der Waals surface area contributed by atoms with Gasteiger partial charge in [0, 0.05) is 5.69 Å². The van der Waals surface area contributed by atoms with Gasteiger partial charge < -0.3 is 20.5 Å². The van der Waals surface area contributed by atoms with E-state index >= 15 is 0 Å². The fraction of sp³-hybridized carbons (Fsp3) is 0.417. The zero-order valence-electron chi connectivity index (χ0n) is 10.6. The minimum atomic E-state index is -4.71. The number of aromatic nitrogens is 2. The molecule has 1 aromatic carbocycles. The number of anilines is 1. The minimum absolute atomic E-state index is 0.0606. The van der Waals surface area contributed by atoms with E-state index in [1.165, 1.54) is 25.1 Å². The third kappa shape index (κ3) is 2.20. The predicted octanol–water partition coefficient (Wildman–Crippen LogP) is 1.34. The van der Waals surface area contributed by atoms with Crippen molar-refractivity contribution in [3.05, 3.63) is 24.0 Å². The van der Waals surface area contributed by atoms with E-state index in [0.717, 1.165) is 4.57 Å². The zero-order valence-corrected chi connectivity index (χ0v) is 10.6. The molecule has 8 heteroatoms. The Balaban J connectivity index is 2.84. The minimum Gasteiger partial charge on any atom is -0.399 e. The maximum atomic E-state index is 13.1. The molecule has 20 heavy (non-hydrogen) atoms. The highest BCUT2D eigenvalue weighted by atomic mass is 19.4. The lowest BCUT2D eigenvalue weighted by molar-refractivity contribution is -0.150. The van der Waals surface area contributed by atoms with Crippen LogP contribution in [-0.4, -0.2) is 33.0 Å². The van der Waals surface area contributed by atoms with Crippen LogP contribution in [-0.2, 0) is 11.7 Å². The van der Waals surface area contributed by atoms with Crippen molar-refractivity contribution in [1.29, 1.82) is 0 Å². The highest BCUT2D eigenvalue weighted by molar-refractivity contribution is 5.80. The SMILES string of the molecule is CC(CO)(CO)n1c(C(F)(F)F)nc2cc(N)ccc21. The number of aliphatic hydroxyl groups excluding tert-OH is 2. The summed E-state index contributed by atoms with van der Waals surface area (Å²) in [5.74, 6) is -1.18. The van der Waals surface area contributed by atoms with Crippen molar-refractivity contribution < 1.29 is 23.4 Å². The average molecular weight is 289 g/mol. The number of aliphatic hydroxyl groups is 2. The van der Waals surface area contributed by atoms with Crippen LogP contribution in [0.4, 0.5) is 18.9 Å². The third-order valence-electron chi connectivity index (χ3n) is 3.15. The first kappa shape index (κ1) is 14.6. The molecule has 0 radical (unpaired) electrons. The summed E-state index contributed by atoms with van der Waals surface area (Å²) in [5.41, 5.74) is 4.51. The van der Waals surface area contributed by atoms with Crippen LogP contribution in [0.3, 0.4) is 0 Å². The molecule has 0 saturated carbocycles. The van der Waals surface area contributed by atoms with E-state index in [9.17, 15) is 23.4 Å². The Morgan fingerprint density at radius 1 is 1.25 bits per heavy atom. The van der Waals surface area contributed by atoms with Gasteiger partial charge in [-0.2, -0.15) is 13.2 Å². The molecule has 110 valence electrons. The Bertz CT molecular complexity index is 633. The molecule has 0 saturated heterocycles. The zero-order chi connectivity index (χ0) is 15.1. The molecule has 0 aliphatic rings. The lowest BCUT2D eigenvalue weighted by Crippen LogP contribution is -2.40. The smallest absolute Gasteiger partial charge is 0.399 e. The van der Waals surface area contributed by atoms with Crippen molar-refractivity contribution in [3.8, 4) is 0 Å². The van der Waals surface area contributed by atoms with Gasteiger partial charge in [0.05, 0.1) is 29.8 Å². The standard InChI is InChI=1S/C12H14F3N3O2/c1-11(5-19,6-20)18-9-3-2-7(16)4-8(9)17-10(18)12(13,14)15/h2-4,19-20H,5-6,16H2,1H3. The molecule has 0 fully saturated rings. The molecule has 1 aromatic heterocycles. The molecule has 0 aliphatic heterocycles. The quantitative estimate of drug-likeness (QED) is 0.744. The maximum Gasteiger partial charge on any atom is 0.449 e. The van der Waals surface area contributed by atoms with E-state index in [4.69, 9.17) is 5.73 Å². The first-order valence-corrected chi connectivity index (χ1v) is 5.80. The molecule has 5 nitrogen and oxygen atoms in total. The summed E-state index contributed by atoms with van der Waals surface area (Å²) in [6.07, 6.45) is -4.71. The van der Waals surface area contributed by atoms with E-state index in [1.807, 2.05) is 0 Å². The van der Waals surface area contributed by atoms with Crippen molar-refractivity contribution in [3.63, 3.8) is 0 Å². The van der Waals surface area contributed by atoms with Crippen LogP contribution in [0.5, 0.6) is 0 Å². The monoisotopic (exact) mass is 289 g/mol. The Hall–Kier alpha value is -1.80. The van der Waals surface area contributed by atoms with Crippen molar-refractivity contribution in [2.45, 2.75) is 18.6 Å². The number of nitrogens with zero attached hydrogens (tertiary/aromatic N) is 2. The molecule has 2 aromatic rings.